The van der Waals surface area contributed by atoms with Gasteiger partial charge in [-0.1, -0.05) is 6.42 Å². The van der Waals surface area contributed by atoms with Crippen LogP contribution < -0.4 is 15.5 Å². The fourth-order valence-corrected chi connectivity index (χ4v) is 3.08. The van der Waals surface area contributed by atoms with E-state index in [1.165, 1.54) is 19.3 Å². The van der Waals surface area contributed by atoms with Crippen molar-refractivity contribution in [2.24, 2.45) is 0 Å². The number of piperidine rings is 1. The van der Waals surface area contributed by atoms with E-state index in [-0.39, 0.29) is 36.8 Å². The van der Waals surface area contributed by atoms with Crippen LogP contribution in [0.25, 0.3) is 0 Å². The van der Waals surface area contributed by atoms with Crippen molar-refractivity contribution in [3.63, 3.8) is 0 Å². The number of hydrogen-bond acceptors (Lipinski definition) is 4. The molecule has 3 rings (SSSR count). The second-order valence-corrected chi connectivity index (χ2v) is 5.94. The van der Waals surface area contributed by atoms with Crippen LogP contribution in [0.5, 0.6) is 0 Å². The standard InChI is InChI=1S/C16H24N4O.2ClH/c21-16(14-5-1-2-7-17-14)19-12-13-6-8-18-15(11-13)20-9-3-4-10-20;;/h6,8,11,14,17H,1-5,7,9-10,12H2,(H,19,21);2*1H. The van der Waals surface area contributed by atoms with Crippen molar-refractivity contribution in [3.05, 3.63) is 23.9 Å². The predicted octanol–water partition coefficient (Wildman–Crippen LogP) is 2.28. The molecule has 0 radical (unpaired) electrons. The van der Waals surface area contributed by atoms with Crippen LogP contribution in [0.3, 0.4) is 0 Å². The van der Waals surface area contributed by atoms with Gasteiger partial charge in [-0.2, -0.15) is 0 Å². The van der Waals surface area contributed by atoms with Gasteiger partial charge in [0.25, 0.3) is 0 Å². The molecule has 1 aromatic rings. The zero-order chi connectivity index (χ0) is 14.5. The van der Waals surface area contributed by atoms with Gasteiger partial charge in [-0.05, 0) is 49.9 Å². The van der Waals surface area contributed by atoms with Gasteiger partial charge >= 0.3 is 0 Å². The Hall–Kier alpha value is -1.04. The van der Waals surface area contributed by atoms with Crippen LogP contribution in [0.1, 0.15) is 37.7 Å². The van der Waals surface area contributed by atoms with Crippen LogP contribution >= 0.6 is 24.8 Å². The zero-order valence-electron chi connectivity index (χ0n) is 13.3. The molecule has 2 N–H and O–H groups in total. The van der Waals surface area contributed by atoms with Crippen molar-refractivity contribution in [1.29, 1.82) is 0 Å². The number of rotatable bonds is 4. The molecule has 1 atom stereocenters. The van der Waals surface area contributed by atoms with Gasteiger partial charge in [0.05, 0.1) is 6.04 Å². The molecule has 0 bridgehead atoms. The SMILES string of the molecule is Cl.Cl.O=C(NCc1ccnc(N2CCCC2)c1)C1CCCCN1. The maximum absolute atomic E-state index is 12.1. The van der Waals surface area contributed by atoms with Crippen LogP contribution in [-0.4, -0.2) is 36.6 Å². The molecule has 1 aromatic heterocycles. The van der Waals surface area contributed by atoms with Crippen molar-refractivity contribution in [1.82, 2.24) is 15.6 Å². The van der Waals surface area contributed by atoms with Crippen LogP contribution in [0, 0.1) is 0 Å². The van der Waals surface area contributed by atoms with Crippen LogP contribution in [0.4, 0.5) is 5.82 Å². The third kappa shape index (κ3) is 5.52. The molecule has 0 saturated carbocycles. The topological polar surface area (TPSA) is 57.3 Å². The molecule has 23 heavy (non-hydrogen) atoms. The van der Waals surface area contributed by atoms with E-state index >= 15 is 0 Å². The van der Waals surface area contributed by atoms with Gasteiger partial charge in [-0.15, -0.1) is 24.8 Å². The second-order valence-electron chi connectivity index (χ2n) is 5.94. The minimum atomic E-state index is -0.0151. The second kappa shape index (κ2) is 9.96. The molecule has 2 aliphatic heterocycles. The Morgan fingerprint density at radius 1 is 1.26 bits per heavy atom. The van der Waals surface area contributed by atoms with Gasteiger partial charge in [0, 0.05) is 25.8 Å². The highest BCUT2D eigenvalue weighted by atomic mass is 35.5. The lowest BCUT2D eigenvalue weighted by Crippen LogP contribution is -2.46. The van der Waals surface area contributed by atoms with Gasteiger partial charge in [0.2, 0.25) is 5.91 Å². The van der Waals surface area contributed by atoms with Crippen molar-refractivity contribution in [2.45, 2.75) is 44.7 Å². The maximum Gasteiger partial charge on any atom is 0.237 e. The first-order chi connectivity index (χ1) is 10.3. The number of pyridine rings is 1. The molecule has 2 aliphatic rings. The lowest BCUT2D eigenvalue weighted by Gasteiger charge is -2.22. The van der Waals surface area contributed by atoms with Crippen LogP contribution in [0.2, 0.25) is 0 Å². The lowest BCUT2D eigenvalue weighted by atomic mass is 10.0. The van der Waals surface area contributed by atoms with E-state index in [1.807, 2.05) is 12.3 Å². The minimum Gasteiger partial charge on any atom is -0.357 e. The Balaban J connectivity index is 0.00000132. The van der Waals surface area contributed by atoms with Gasteiger partial charge in [0.1, 0.15) is 5.82 Å². The van der Waals surface area contributed by atoms with E-state index in [9.17, 15) is 4.79 Å². The average Bonchev–Trinajstić information content (AvgIpc) is 3.08. The number of nitrogens with one attached hydrogen (secondary N) is 2. The number of aromatic nitrogens is 1. The van der Waals surface area contributed by atoms with E-state index < -0.39 is 0 Å². The van der Waals surface area contributed by atoms with Gasteiger partial charge in [0.15, 0.2) is 0 Å². The molecule has 5 nitrogen and oxygen atoms in total. The quantitative estimate of drug-likeness (QED) is 0.864. The molecular formula is C16H26Cl2N4O. The number of halogens is 2. The zero-order valence-corrected chi connectivity index (χ0v) is 14.9. The first-order valence-corrected chi connectivity index (χ1v) is 8.04. The Labute approximate surface area is 150 Å². The molecule has 0 aliphatic carbocycles. The maximum atomic E-state index is 12.1. The summed E-state index contributed by atoms with van der Waals surface area (Å²) in [5, 5.41) is 6.32. The molecule has 1 amide bonds. The largest absolute Gasteiger partial charge is 0.357 e. The van der Waals surface area contributed by atoms with Crippen molar-refractivity contribution < 1.29 is 4.79 Å². The highest BCUT2D eigenvalue weighted by Crippen LogP contribution is 2.18. The molecule has 3 heterocycles. The third-order valence-corrected chi connectivity index (χ3v) is 4.33. The summed E-state index contributed by atoms with van der Waals surface area (Å²) in [6.07, 6.45) is 7.59. The van der Waals surface area contributed by atoms with E-state index in [1.54, 1.807) is 0 Å². The first kappa shape index (κ1) is 20.0. The molecule has 2 saturated heterocycles. The fourth-order valence-electron chi connectivity index (χ4n) is 3.08. The number of nitrogens with zero attached hydrogens (tertiary/aromatic N) is 2. The monoisotopic (exact) mass is 360 g/mol. The smallest absolute Gasteiger partial charge is 0.237 e. The number of amides is 1. The Bertz CT molecular complexity index is 489. The van der Waals surface area contributed by atoms with Crippen LogP contribution in [-0.2, 0) is 11.3 Å². The fraction of sp³-hybridized carbons (Fsp3) is 0.625. The molecule has 2 fully saturated rings. The molecular weight excluding hydrogens is 335 g/mol. The summed E-state index contributed by atoms with van der Waals surface area (Å²) in [5.41, 5.74) is 1.12. The normalized spacial score (nSPS) is 20.3. The molecule has 1 unspecified atom stereocenters. The van der Waals surface area contributed by atoms with Crippen molar-refractivity contribution >= 4 is 36.5 Å². The lowest BCUT2D eigenvalue weighted by molar-refractivity contribution is -0.123. The number of carbonyl (C=O) groups excluding carboxylic acids is 1. The number of carbonyl (C=O) groups is 1. The third-order valence-electron chi connectivity index (χ3n) is 4.33. The molecule has 0 aromatic carbocycles. The van der Waals surface area contributed by atoms with E-state index in [0.29, 0.717) is 6.54 Å². The first-order valence-electron chi connectivity index (χ1n) is 8.04. The summed E-state index contributed by atoms with van der Waals surface area (Å²) in [6, 6.07) is 4.06. The molecule has 0 spiro atoms. The summed E-state index contributed by atoms with van der Waals surface area (Å²) >= 11 is 0. The molecule has 7 heteroatoms. The Morgan fingerprint density at radius 3 is 2.74 bits per heavy atom. The molecule has 130 valence electrons. The average molecular weight is 361 g/mol. The summed E-state index contributed by atoms with van der Waals surface area (Å²) in [7, 11) is 0. The van der Waals surface area contributed by atoms with Crippen molar-refractivity contribution in [3.8, 4) is 0 Å². The van der Waals surface area contributed by atoms with Gasteiger partial charge in [-0.25, -0.2) is 4.98 Å². The van der Waals surface area contributed by atoms with Crippen LogP contribution in [0.15, 0.2) is 18.3 Å². The predicted molar refractivity (Wildman–Crippen MR) is 97.7 cm³/mol. The summed E-state index contributed by atoms with van der Waals surface area (Å²) in [4.78, 5) is 18.9. The summed E-state index contributed by atoms with van der Waals surface area (Å²) in [5.74, 6) is 1.16. The van der Waals surface area contributed by atoms with E-state index in [0.717, 1.165) is 43.9 Å². The summed E-state index contributed by atoms with van der Waals surface area (Å²) in [6.45, 7) is 3.72. The highest BCUT2D eigenvalue weighted by Gasteiger charge is 2.20. The van der Waals surface area contributed by atoms with E-state index in [2.05, 4.69) is 26.6 Å². The van der Waals surface area contributed by atoms with Crippen molar-refractivity contribution in [2.75, 3.05) is 24.5 Å². The number of anilines is 1. The number of hydrogen-bond donors (Lipinski definition) is 2. The Kier molecular flexibility index (Phi) is 8.66. The minimum absolute atomic E-state index is 0. The van der Waals surface area contributed by atoms with E-state index in [4.69, 9.17) is 0 Å². The summed E-state index contributed by atoms with van der Waals surface area (Å²) < 4.78 is 0. The highest BCUT2D eigenvalue weighted by molar-refractivity contribution is 5.85. The van der Waals surface area contributed by atoms with Gasteiger partial charge in [-0.3, -0.25) is 4.79 Å². The van der Waals surface area contributed by atoms with Gasteiger partial charge < -0.3 is 15.5 Å². The Morgan fingerprint density at radius 2 is 2.04 bits per heavy atom.